The summed E-state index contributed by atoms with van der Waals surface area (Å²) >= 11 is 0. The molecule has 2 aromatic carbocycles. The van der Waals surface area contributed by atoms with Crippen molar-refractivity contribution in [2.75, 3.05) is 42.9 Å². The van der Waals surface area contributed by atoms with E-state index in [4.69, 9.17) is 0 Å². The first-order valence-corrected chi connectivity index (χ1v) is 15.5. The average Bonchev–Trinajstić information content (AvgIpc) is 2.93. The van der Waals surface area contributed by atoms with Crippen LogP contribution in [0.1, 0.15) is 69.0 Å². The maximum absolute atomic E-state index is 14.0. The summed E-state index contributed by atoms with van der Waals surface area (Å²) in [6, 6.07) is 13.3. The van der Waals surface area contributed by atoms with E-state index in [0.29, 0.717) is 11.4 Å². The highest BCUT2D eigenvalue weighted by molar-refractivity contribution is 7.89. The fraction of sp³-hybridized carbons (Fsp3) is 0.552. The maximum Gasteiger partial charge on any atom is 0.243 e. The van der Waals surface area contributed by atoms with Crippen LogP contribution in [0.4, 0.5) is 11.4 Å². The molecule has 7 nitrogen and oxygen atoms in total. The van der Waals surface area contributed by atoms with E-state index >= 15 is 0 Å². The molecule has 8 heteroatoms. The van der Waals surface area contributed by atoms with Gasteiger partial charge in [0.25, 0.3) is 0 Å². The van der Waals surface area contributed by atoms with Gasteiger partial charge in [0.1, 0.15) is 4.90 Å². The quantitative estimate of drug-likeness (QED) is 0.549. The van der Waals surface area contributed by atoms with Gasteiger partial charge in [0.05, 0.1) is 5.69 Å². The van der Waals surface area contributed by atoms with Gasteiger partial charge in [-0.05, 0) is 68.0 Å². The zero-order valence-electron chi connectivity index (χ0n) is 21.9. The van der Waals surface area contributed by atoms with Crippen LogP contribution in [0.15, 0.2) is 47.4 Å². The Kier molecular flexibility index (Phi) is 8.17. The highest BCUT2D eigenvalue weighted by atomic mass is 32.2. The average molecular weight is 525 g/mol. The molecule has 0 aromatic heterocycles. The fourth-order valence-electron chi connectivity index (χ4n) is 6.11. The van der Waals surface area contributed by atoms with E-state index in [9.17, 15) is 13.2 Å². The molecule has 2 aliphatic carbocycles. The minimum Gasteiger partial charge on any atom is -0.368 e. The van der Waals surface area contributed by atoms with E-state index < -0.39 is 10.0 Å². The maximum atomic E-state index is 14.0. The topological polar surface area (TPSA) is 81.8 Å². The first kappa shape index (κ1) is 26.2. The van der Waals surface area contributed by atoms with Crippen LogP contribution in [0, 0.1) is 5.92 Å². The van der Waals surface area contributed by atoms with Crippen LogP contribution in [0.2, 0.25) is 0 Å². The first-order valence-electron chi connectivity index (χ1n) is 14.0. The Morgan fingerprint density at radius 3 is 2.46 bits per heavy atom. The van der Waals surface area contributed by atoms with E-state index in [1.54, 1.807) is 6.07 Å². The third-order valence-electron chi connectivity index (χ3n) is 8.32. The van der Waals surface area contributed by atoms with Crippen molar-refractivity contribution in [3.05, 3.63) is 53.6 Å². The number of aryl methyl sites for hydroxylation is 1. The number of amides is 1. The Balaban J connectivity index is 1.44. The van der Waals surface area contributed by atoms with Gasteiger partial charge < -0.3 is 15.1 Å². The molecule has 1 aliphatic heterocycles. The number of likely N-dealkylation sites (N-methyl/N-ethyl adjacent to an activating group) is 1. The molecular formula is C29H40N4O3S. The van der Waals surface area contributed by atoms with Gasteiger partial charge in [0, 0.05) is 43.8 Å². The van der Waals surface area contributed by atoms with Gasteiger partial charge in [-0.2, -0.15) is 0 Å². The van der Waals surface area contributed by atoms with Crippen LogP contribution in [-0.2, 0) is 21.2 Å². The number of nitrogens with one attached hydrogen (secondary N) is 2. The number of piperazine rings is 1. The van der Waals surface area contributed by atoms with Gasteiger partial charge >= 0.3 is 0 Å². The lowest BCUT2D eigenvalue weighted by molar-refractivity contribution is -0.120. The standard InChI is InChI=1S/C29H40N4O3S/c1-2-32-17-19-33(20-18-32)27-16-15-24(30-29(34)23-10-4-3-5-11-23)21-28(27)37(35,36)31-26-14-8-12-22-9-6-7-13-25(22)26/h6-7,9,13,15-16,21,23,26,31H,2-5,8,10-12,14,17-20H2,1H3,(H,30,34)/t26-/m1/s1. The summed E-state index contributed by atoms with van der Waals surface area (Å²) < 4.78 is 31.0. The molecule has 2 N–H and O–H groups in total. The van der Waals surface area contributed by atoms with Crippen molar-refractivity contribution in [2.24, 2.45) is 5.92 Å². The van der Waals surface area contributed by atoms with Crippen LogP contribution in [0.25, 0.3) is 0 Å². The second-order valence-corrected chi connectivity index (χ2v) is 12.4. The molecule has 1 amide bonds. The highest BCUT2D eigenvalue weighted by Gasteiger charge is 2.30. The van der Waals surface area contributed by atoms with Gasteiger partial charge in [0.15, 0.2) is 0 Å². The summed E-state index contributed by atoms with van der Waals surface area (Å²) in [6.45, 7) is 6.50. The number of rotatable bonds is 7. The molecule has 0 bridgehead atoms. The van der Waals surface area contributed by atoms with E-state index in [1.165, 1.54) is 12.0 Å². The van der Waals surface area contributed by atoms with Crippen molar-refractivity contribution in [1.29, 1.82) is 0 Å². The van der Waals surface area contributed by atoms with Gasteiger partial charge in [-0.3, -0.25) is 4.79 Å². The Morgan fingerprint density at radius 2 is 1.70 bits per heavy atom. The minimum absolute atomic E-state index is 0.00141. The Bertz CT molecular complexity index is 1200. The molecule has 1 saturated heterocycles. The summed E-state index contributed by atoms with van der Waals surface area (Å²) in [6.07, 6.45) is 7.84. The molecule has 200 valence electrons. The normalized spacial score (nSPS) is 21.4. The molecule has 0 radical (unpaired) electrons. The van der Waals surface area contributed by atoms with Crippen molar-refractivity contribution in [3.8, 4) is 0 Å². The number of carbonyl (C=O) groups is 1. The second-order valence-electron chi connectivity index (χ2n) is 10.7. The molecule has 2 aromatic rings. The molecule has 37 heavy (non-hydrogen) atoms. The SMILES string of the molecule is CCN1CCN(c2ccc(NC(=O)C3CCCCC3)cc2S(=O)(=O)N[C@@H]2CCCc3ccccc32)CC1. The third kappa shape index (κ3) is 6.02. The van der Waals surface area contributed by atoms with Crippen LogP contribution in [0.3, 0.4) is 0 Å². The fourth-order valence-corrected chi connectivity index (χ4v) is 7.61. The molecule has 0 spiro atoms. The van der Waals surface area contributed by atoms with E-state index in [-0.39, 0.29) is 22.8 Å². The molecule has 3 aliphatic rings. The number of sulfonamides is 1. The summed E-state index contributed by atoms with van der Waals surface area (Å²) in [5.74, 6) is 0.00833. The number of benzene rings is 2. The summed E-state index contributed by atoms with van der Waals surface area (Å²) in [7, 11) is -3.84. The van der Waals surface area contributed by atoms with E-state index in [0.717, 1.165) is 83.2 Å². The van der Waals surface area contributed by atoms with Gasteiger partial charge in [-0.1, -0.05) is 50.5 Å². The summed E-state index contributed by atoms with van der Waals surface area (Å²) in [5.41, 5.74) is 3.54. The van der Waals surface area contributed by atoms with Gasteiger partial charge in [-0.15, -0.1) is 0 Å². The molecular weight excluding hydrogens is 484 g/mol. The lowest BCUT2D eigenvalue weighted by Gasteiger charge is -2.36. The van der Waals surface area contributed by atoms with Crippen molar-refractivity contribution in [1.82, 2.24) is 9.62 Å². The first-order chi connectivity index (χ1) is 17.9. The lowest BCUT2D eigenvalue weighted by atomic mass is 9.88. The van der Waals surface area contributed by atoms with Crippen LogP contribution >= 0.6 is 0 Å². The molecule has 2 fully saturated rings. The Hall–Kier alpha value is -2.42. The van der Waals surface area contributed by atoms with Crippen molar-refractivity contribution in [3.63, 3.8) is 0 Å². The summed E-state index contributed by atoms with van der Waals surface area (Å²) in [5, 5.41) is 3.03. The smallest absolute Gasteiger partial charge is 0.243 e. The van der Waals surface area contributed by atoms with Crippen molar-refractivity contribution >= 4 is 27.3 Å². The monoisotopic (exact) mass is 524 g/mol. The lowest BCUT2D eigenvalue weighted by Crippen LogP contribution is -2.46. The number of fused-ring (bicyclic) bond motifs is 1. The molecule has 0 unspecified atom stereocenters. The van der Waals surface area contributed by atoms with Crippen molar-refractivity contribution in [2.45, 2.75) is 69.2 Å². The highest BCUT2D eigenvalue weighted by Crippen LogP contribution is 2.35. The number of hydrogen-bond donors (Lipinski definition) is 2. The predicted octanol–water partition coefficient (Wildman–Crippen LogP) is 4.70. The molecule has 1 saturated carbocycles. The molecule has 1 atom stereocenters. The van der Waals surface area contributed by atoms with E-state index in [2.05, 4.69) is 32.8 Å². The molecule has 1 heterocycles. The van der Waals surface area contributed by atoms with Crippen LogP contribution < -0.4 is 14.9 Å². The van der Waals surface area contributed by atoms with Crippen molar-refractivity contribution < 1.29 is 13.2 Å². The number of anilines is 2. The van der Waals surface area contributed by atoms with Crippen LogP contribution in [0.5, 0.6) is 0 Å². The Morgan fingerprint density at radius 1 is 0.946 bits per heavy atom. The Labute approximate surface area is 221 Å². The number of hydrogen-bond acceptors (Lipinski definition) is 5. The molecule has 5 rings (SSSR count). The second kappa shape index (κ2) is 11.5. The zero-order valence-corrected chi connectivity index (χ0v) is 22.7. The summed E-state index contributed by atoms with van der Waals surface area (Å²) in [4.78, 5) is 17.7. The van der Waals surface area contributed by atoms with Gasteiger partial charge in [0.2, 0.25) is 15.9 Å². The number of nitrogens with zero attached hydrogens (tertiary/aromatic N) is 2. The van der Waals surface area contributed by atoms with Gasteiger partial charge in [-0.25, -0.2) is 13.1 Å². The minimum atomic E-state index is -3.84. The largest absolute Gasteiger partial charge is 0.368 e. The third-order valence-corrected chi connectivity index (χ3v) is 9.82. The van der Waals surface area contributed by atoms with E-state index in [1.807, 2.05) is 30.3 Å². The zero-order chi connectivity index (χ0) is 25.8. The predicted molar refractivity (Wildman–Crippen MR) is 148 cm³/mol. The number of carbonyl (C=O) groups excluding carboxylic acids is 1. The van der Waals surface area contributed by atoms with Crippen LogP contribution in [-0.4, -0.2) is 51.9 Å².